The molecule has 0 heterocycles. The van der Waals surface area contributed by atoms with E-state index in [0.29, 0.717) is 12.0 Å². The number of ether oxygens (including phenoxy) is 2. The molecule has 0 spiro atoms. The van der Waals surface area contributed by atoms with Gasteiger partial charge in [0.1, 0.15) is 11.7 Å². The molecule has 2 N–H and O–H groups in total. The summed E-state index contributed by atoms with van der Waals surface area (Å²) in [5.41, 5.74) is 0.577. The Balaban J connectivity index is 2.74. The molecule has 0 aliphatic rings. The Morgan fingerprint density at radius 2 is 1.75 bits per heavy atom. The number of hydrogen-bond donors (Lipinski definition) is 2. The summed E-state index contributed by atoms with van der Waals surface area (Å²) in [6.45, 7) is 4.45. The molecule has 28 heavy (non-hydrogen) atoms. The van der Waals surface area contributed by atoms with E-state index in [9.17, 15) is 19.2 Å². The molecule has 0 bridgehead atoms. The molecule has 0 unspecified atom stereocenters. The third-order valence-corrected chi connectivity index (χ3v) is 3.50. The molecule has 1 atom stereocenters. The van der Waals surface area contributed by atoms with Crippen molar-refractivity contribution in [1.29, 1.82) is 0 Å². The fourth-order valence-corrected chi connectivity index (χ4v) is 2.32. The quantitative estimate of drug-likeness (QED) is 0.487. The number of esters is 2. The lowest BCUT2D eigenvalue weighted by molar-refractivity contribution is -0.148. The summed E-state index contributed by atoms with van der Waals surface area (Å²) >= 11 is 0. The van der Waals surface area contributed by atoms with E-state index in [4.69, 9.17) is 4.74 Å². The van der Waals surface area contributed by atoms with Crippen molar-refractivity contribution >= 4 is 29.8 Å². The van der Waals surface area contributed by atoms with Gasteiger partial charge in [0.05, 0.1) is 7.11 Å². The van der Waals surface area contributed by atoms with E-state index in [-0.39, 0.29) is 11.6 Å². The number of hydrogen-bond acceptors (Lipinski definition) is 6. The minimum atomic E-state index is -0.868. The van der Waals surface area contributed by atoms with E-state index < -0.39 is 36.4 Å². The highest BCUT2D eigenvalue weighted by atomic mass is 16.5. The van der Waals surface area contributed by atoms with E-state index in [2.05, 4.69) is 15.4 Å². The number of amides is 2. The Labute approximate surface area is 164 Å². The van der Waals surface area contributed by atoms with Crippen molar-refractivity contribution < 1.29 is 28.7 Å². The molecule has 1 rings (SSSR count). The molecule has 0 saturated carbocycles. The molecular formula is C20H26N2O6. The van der Waals surface area contributed by atoms with Crippen LogP contribution in [-0.2, 0) is 28.7 Å². The van der Waals surface area contributed by atoms with E-state index in [1.165, 1.54) is 20.1 Å². The summed E-state index contributed by atoms with van der Waals surface area (Å²) in [6.07, 6.45) is 1.83. The minimum Gasteiger partial charge on any atom is -0.467 e. The van der Waals surface area contributed by atoms with Crippen molar-refractivity contribution in [3.05, 3.63) is 41.6 Å². The topological polar surface area (TPSA) is 111 Å². The Kier molecular flexibility index (Phi) is 9.42. The normalized spacial score (nSPS) is 12.1. The lowest BCUT2D eigenvalue weighted by Gasteiger charge is -2.18. The average Bonchev–Trinajstić information content (AvgIpc) is 2.64. The van der Waals surface area contributed by atoms with Crippen LogP contribution in [-0.4, -0.2) is 43.5 Å². The number of methoxy groups -OCH3 is 1. The highest BCUT2D eigenvalue weighted by Gasteiger charge is 2.23. The zero-order chi connectivity index (χ0) is 21.1. The zero-order valence-electron chi connectivity index (χ0n) is 16.5. The fourth-order valence-electron chi connectivity index (χ4n) is 2.32. The lowest BCUT2D eigenvalue weighted by atomic mass is 10.0. The van der Waals surface area contributed by atoms with Crippen LogP contribution < -0.4 is 10.6 Å². The predicted molar refractivity (Wildman–Crippen MR) is 103 cm³/mol. The van der Waals surface area contributed by atoms with E-state index >= 15 is 0 Å². The van der Waals surface area contributed by atoms with Crippen molar-refractivity contribution in [2.75, 3.05) is 13.7 Å². The van der Waals surface area contributed by atoms with Crippen molar-refractivity contribution in [3.63, 3.8) is 0 Å². The van der Waals surface area contributed by atoms with Gasteiger partial charge in [-0.15, -0.1) is 0 Å². The first kappa shape index (κ1) is 22.9. The van der Waals surface area contributed by atoms with Gasteiger partial charge in [-0.25, -0.2) is 9.59 Å². The monoisotopic (exact) mass is 390 g/mol. The Morgan fingerprint density at radius 3 is 2.29 bits per heavy atom. The standard InChI is InChI=1S/C20H26N2O6/c1-13(2)10-16(19(25)27-4)22-18(24)12-28-20(26)17(21-14(3)23)11-15-8-6-5-7-9-15/h5-9,11,13,16H,10,12H2,1-4H3,(H,21,23)(H,22,24)/b17-11-/t16-/m1/s1. The molecule has 152 valence electrons. The van der Waals surface area contributed by atoms with E-state index in [0.717, 1.165) is 0 Å². The molecule has 0 saturated heterocycles. The second-order valence-corrected chi connectivity index (χ2v) is 6.50. The lowest BCUT2D eigenvalue weighted by Crippen LogP contribution is -2.44. The molecule has 1 aromatic rings. The van der Waals surface area contributed by atoms with Crippen molar-refractivity contribution in [2.24, 2.45) is 5.92 Å². The average molecular weight is 390 g/mol. The maximum Gasteiger partial charge on any atom is 0.355 e. The summed E-state index contributed by atoms with van der Waals surface area (Å²) in [5.74, 6) is -2.39. The van der Waals surface area contributed by atoms with Crippen LogP contribution in [0.25, 0.3) is 6.08 Å². The second kappa shape index (κ2) is 11.5. The van der Waals surface area contributed by atoms with Crippen molar-refractivity contribution in [2.45, 2.75) is 33.2 Å². The molecule has 8 heteroatoms. The van der Waals surface area contributed by atoms with Gasteiger partial charge in [0, 0.05) is 6.92 Å². The summed E-state index contributed by atoms with van der Waals surface area (Å²) in [5, 5.41) is 4.87. The largest absolute Gasteiger partial charge is 0.467 e. The zero-order valence-corrected chi connectivity index (χ0v) is 16.5. The molecule has 0 aromatic heterocycles. The van der Waals surface area contributed by atoms with Crippen LogP contribution in [0.2, 0.25) is 0 Å². The van der Waals surface area contributed by atoms with E-state index in [1.54, 1.807) is 24.3 Å². The smallest absolute Gasteiger partial charge is 0.355 e. The van der Waals surface area contributed by atoms with Crippen LogP contribution >= 0.6 is 0 Å². The summed E-state index contributed by atoms with van der Waals surface area (Å²) < 4.78 is 9.64. The van der Waals surface area contributed by atoms with Gasteiger partial charge in [-0.2, -0.15) is 0 Å². The molecule has 0 fully saturated rings. The van der Waals surface area contributed by atoms with Crippen LogP contribution in [0.15, 0.2) is 36.0 Å². The van der Waals surface area contributed by atoms with Crippen LogP contribution in [0.3, 0.4) is 0 Å². The Morgan fingerprint density at radius 1 is 1.11 bits per heavy atom. The highest BCUT2D eigenvalue weighted by Crippen LogP contribution is 2.08. The third-order valence-electron chi connectivity index (χ3n) is 3.50. The van der Waals surface area contributed by atoms with Gasteiger partial charge in [0.15, 0.2) is 6.61 Å². The molecule has 8 nitrogen and oxygen atoms in total. The maximum absolute atomic E-state index is 12.3. The van der Waals surface area contributed by atoms with E-state index in [1.807, 2.05) is 19.9 Å². The second-order valence-electron chi connectivity index (χ2n) is 6.50. The van der Waals surface area contributed by atoms with Crippen molar-refractivity contribution in [3.8, 4) is 0 Å². The van der Waals surface area contributed by atoms with Gasteiger partial charge in [-0.1, -0.05) is 44.2 Å². The van der Waals surface area contributed by atoms with Gasteiger partial charge in [0.25, 0.3) is 5.91 Å². The predicted octanol–water partition coefficient (Wildman–Crippen LogP) is 1.41. The first-order valence-electron chi connectivity index (χ1n) is 8.81. The van der Waals surface area contributed by atoms with Gasteiger partial charge in [-0.3, -0.25) is 9.59 Å². The summed E-state index contributed by atoms with van der Waals surface area (Å²) in [7, 11) is 1.23. The fraction of sp³-hybridized carbons (Fsp3) is 0.400. The number of nitrogens with one attached hydrogen (secondary N) is 2. The number of carbonyl (C=O) groups is 4. The molecule has 0 aliphatic heterocycles. The number of rotatable bonds is 9. The van der Waals surface area contributed by atoms with Crippen LogP contribution in [0.4, 0.5) is 0 Å². The van der Waals surface area contributed by atoms with Crippen LogP contribution in [0.1, 0.15) is 32.8 Å². The van der Waals surface area contributed by atoms with Crippen LogP contribution in [0.5, 0.6) is 0 Å². The Hall–Kier alpha value is -3.16. The minimum absolute atomic E-state index is 0.0989. The first-order chi connectivity index (χ1) is 13.2. The number of carbonyl (C=O) groups excluding carboxylic acids is 4. The van der Waals surface area contributed by atoms with Gasteiger partial charge in [0.2, 0.25) is 5.91 Å². The molecule has 1 aromatic carbocycles. The molecule has 0 radical (unpaired) electrons. The third kappa shape index (κ3) is 8.48. The first-order valence-corrected chi connectivity index (χ1v) is 8.81. The number of benzene rings is 1. The Bertz CT molecular complexity index is 727. The maximum atomic E-state index is 12.3. The molecule has 0 aliphatic carbocycles. The summed E-state index contributed by atoms with van der Waals surface area (Å²) in [4.78, 5) is 47.4. The molecular weight excluding hydrogens is 364 g/mol. The van der Waals surface area contributed by atoms with Crippen LogP contribution in [0, 0.1) is 5.92 Å². The van der Waals surface area contributed by atoms with Crippen molar-refractivity contribution in [1.82, 2.24) is 10.6 Å². The SMILES string of the molecule is COC(=O)[C@@H](CC(C)C)NC(=O)COC(=O)/C(=C/c1ccccc1)NC(C)=O. The summed E-state index contributed by atoms with van der Waals surface area (Å²) in [6, 6.07) is 8.02. The van der Waals surface area contributed by atoms with Gasteiger partial charge >= 0.3 is 11.9 Å². The highest BCUT2D eigenvalue weighted by molar-refractivity contribution is 5.98. The van der Waals surface area contributed by atoms with Gasteiger partial charge < -0.3 is 20.1 Å². The van der Waals surface area contributed by atoms with Gasteiger partial charge in [-0.05, 0) is 24.0 Å². The molecule has 2 amide bonds.